The maximum atomic E-state index is 12.0. The van der Waals surface area contributed by atoms with Crippen LogP contribution in [0.25, 0.3) is 0 Å². The van der Waals surface area contributed by atoms with E-state index in [0.29, 0.717) is 12.1 Å². The number of rotatable bonds is 8. The van der Waals surface area contributed by atoms with Crippen molar-refractivity contribution in [3.05, 3.63) is 29.3 Å². The van der Waals surface area contributed by atoms with Crippen molar-refractivity contribution in [1.82, 2.24) is 4.72 Å². The first-order valence-corrected chi connectivity index (χ1v) is 10.6. The van der Waals surface area contributed by atoms with Gasteiger partial charge in [0, 0.05) is 13.1 Å². The Hall–Kier alpha value is -1.12. The zero-order chi connectivity index (χ0) is 17.0. The van der Waals surface area contributed by atoms with Gasteiger partial charge in [0.1, 0.15) is 0 Å². The van der Waals surface area contributed by atoms with Crippen LogP contribution in [0, 0.1) is 13.8 Å². The highest BCUT2D eigenvalue weighted by Gasteiger charge is 2.18. The second kappa shape index (κ2) is 7.43. The standard InChI is InChI=1S/C14H24N2O4S2/c1-5-8-22(19,20)15-6-7-16(21(4,17)18)14-10-12(2)9-13(3)11-14/h9-11,15H,5-8H2,1-4H3. The molecule has 0 aliphatic rings. The van der Waals surface area contributed by atoms with Crippen LogP contribution in [0.5, 0.6) is 0 Å². The summed E-state index contributed by atoms with van der Waals surface area (Å²) in [5.41, 5.74) is 2.46. The molecule has 1 aromatic rings. The lowest BCUT2D eigenvalue weighted by molar-refractivity contribution is 0.577. The Balaban J connectivity index is 2.92. The van der Waals surface area contributed by atoms with Crippen LogP contribution in [-0.4, -0.2) is 41.9 Å². The lowest BCUT2D eigenvalue weighted by Crippen LogP contribution is -2.38. The molecule has 0 heterocycles. The molecular weight excluding hydrogens is 324 g/mol. The molecule has 0 aromatic heterocycles. The van der Waals surface area contributed by atoms with Crippen molar-refractivity contribution in [3.8, 4) is 0 Å². The Bertz CT molecular complexity index is 692. The summed E-state index contributed by atoms with van der Waals surface area (Å²) < 4.78 is 50.9. The number of anilines is 1. The predicted octanol–water partition coefficient (Wildman–Crippen LogP) is 1.40. The van der Waals surface area contributed by atoms with E-state index in [4.69, 9.17) is 0 Å². The number of sulfonamides is 2. The number of hydrogen-bond donors (Lipinski definition) is 1. The highest BCUT2D eigenvalue weighted by Crippen LogP contribution is 2.20. The Morgan fingerprint density at radius 3 is 2.05 bits per heavy atom. The molecule has 0 amide bonds. The van der Waals surface area contributed by atoms with Crippen LogP contribution in [0.15, 0.2) is 18.2 Å². The van der Waals surface area contributed by atoms with Crippen molar-refractivity contribution in [2.75, 3.05) is 29.4 Å². The normalized spacial score (nSPS) is 12.4. The summed E-state index contributed by atoms with van der Waals surface area (Å²) in [6.07, 6.45) is 1.63. The summed E-state index contributed by atoms with van der Waals surface area (Å²) in [6, 6.07) is 5.50. The van der Waals surface area contributed by atoms with Gasteiger partial charge in [-0.3, -0.25) is 4.31 Å². The van der Waals surface area contributed by atoms with Crippen LogP contribution in [0.4, 0.5) is 5.69 Å². The Morgan fingerprint density at radius 2 is 1.59 bits per heavy atom. The van der Waals surface area contributed by atoms with E-state index in [1.165, 1.54) is 4.31 Å². The molecule has 0 aliphatic carbocycles. The van der Waals surface area contributed by atoms with E-state index in [1.54, 1.807) is 19.1 Å². The number of aryl methyl sites for hydroxylation is 2. The minimum Gasteiger partial charge on any atom is -0.269 e. The maximum absolute atomic E-state index is 12.0. The molecule has 0 bridgehead atoms. The van der Waals surface area contributed by atoms with Crippen molar-refractivity contribution >= 4 is 25.7 Å². The average Bonchev–Trinajstić information content (AvgIpc) is 2.31. The molecule has 126 valence electrons. The quantitative estimate of drug-likeness (QED) is 0.770. The molecule has 22 heavy (non-hydrogen) atoms. The second-order valence-corrected chi connectivity index (χ2v) is 9.23. The van der Waals surface area contributed by atoms with Gasteiger partial charge < -0.3 is 0 Å². The van der Waals surface area contributed by atoms with Crippen LogP contribution in [0.2, 0.25) is 0 Å². The maximum Gasteiger partial charge on any atom is 0.232 e. The van der Waals surface area contributed by atoms with Crippen molar-refractivity contribution in [3.63, 3.8) is 0 Å². The predicted molar refractivity (Wildman–Crippen MR) is 90.2 cm³/mol. The van der Waals surface area contributed by atoms with Gasteiger partial charge in [-0.15, -0.1) is 0 Å². The summed E-state index contributed by atoms with van der Waals surface area (Å²) >= 11 is 0. The number of nitrogens with zero attached hydrogens (tertiary/aromatic N) is 1. The molecule has 1 aromatic carbocycles. The van der Waals surface area contributed by atoms with Crippen LogP contribution in [-0.2, 0) is 20.0 Å². The van der Waals surface area contributed by atoms with Crippen LogP contribution in [0.3, 0.4) is 0 Å². The molecule has 6 nitrogen and oxygen atoms in total. The van der Waals surface area contributed by atoms with Gasteiger partial charge >= 0.3 is 0 Å². The lowest BCUT2D eigenvalue weighted by atomic mass is 10.1. The van der Waals surface area contributed by atoms with Crippen LogP contribution < -0.4 is 9.03 Å². The van der Waals surface area contributed by atoms with Gasteiger partial charge in [0.2, 0.25) is 20.0 Å². The number of nitrogens with one attached hydrogen (secondary N) is 1. The summed E-state index contributed by atoms with van der Waals surface area (Å²) in [5, 5.41) is 0. The molecule has 1 rings (SSSR count). The van der Waals surface area contributed by atoms with Crippen molar-refractivity contribution in [2.24, 2.45) is 0 Å². The van der Waals surface area contributed by atoms with Gasteiger partial charge in [-0.1, -0.05) is 13.0 Å². The first-order chi connectivity index (χ1) is 10.0. The molecule has 1 N–H and O–H groups in total. The van der Waals surface area contributed by atoms with E-state index in [9.17, 15) is 16.8 Å². The van der Waals surface area contributed by atoms with Gasteiger partial charge in [0.25, 0.3) is 0 Å². The fourth-order valence-corrected chi connectivity index (χ4v) is 4.22. The summed E-state index contributed by atoms with van der Waals surface area (Å²) in [7, 11) is -6.83. The summed E-state index contributed by atoms with van der Waals surface area (Å²) in [6.45, 7) is 5.66. The highest BCUT2D eigenvalue weighted by atomic mass is 32.2. The van der Waals surface area contributed by atoms with E-state index in [2.05, 4.69) is 4.72 Å². The minimum absolute atomic E-state index is 0.0371. The molecule has 0 radical (unpaired) electrons. The molecule has 8 heteroatoms. The zero-order valence-electron chi connectivity index (χ0n) is 13.5. The smallest absolute Gasteiger partial charge is 0.232 e. The summed E-state index contributed by atoms with van der Waals surface area (Å²) in [4.78, 5) is 0. The Labute approximate surface area is 133 Å². The first kappa shape index (κ1) is 18.9. The van der Waals surface area contributed by atoms with E-state index >= 15 is 0 Å². The third-order valence-corrected chi connectivity index (χ3v) is 5.79. The largest absolute Gasteiger partial charge is 0.269 e. The van der Waals surface area contributed by atoms with Gasteiger partial charge in [-0.05, 0) is 43.5 Å². The van der Waals surface area contributed by atoms with E-state index in [-0.39, 0.29) is 18.8 Å². The van der Waals surface area contributed by atoms with Crippen molar-refractivity contribution in [2.45, 2.75) is 27.2 Å². The van der Waals surface area contributed by atoms with Gasteiger partial charge in [0.15, 0.2) is 0 Å². The summed E-state index contributed by atoms with van der Waals surface area (Å²) in [5.74, 6) is 0.0371. The zero-order valence-corrected chi connectivity index (χ0v) is 15.1. The van der Waals surface area contributed by atoms with Crippen LogP contribution in [0.1, 0.15) is 24.5 Å². The molecule has 0 unspecified atom stereocenters. The molecule has 0 saturated carbocycles. The molecule has 0 aliphatic heterocycles. The molecular formula is C14H24N2O4S2. The SMILES string of the molecule is CCCS(=O)(=O)NCCN(c1cc(C)cc(C)c1)S(C)(=O)=O. The Kier molecular flexibility index (Phi) is 6.39. The first-order valence-electron chi connectivity index (χ1n) is 7.08. The number of hydrogen-bond acceptors (Lipinski definition) is 4. The van der Waals surface area contributed by atoms with Crippen molar-refractivity contribution in [1.29, 1.82) is 0 Å². The van der Waals surface area contributed by atoms with Gasteiger partial charge in [-0.2, -0.15) is 0 Å². The fourth-order valence-electron chi connectivity index (χ4n) is 2.22. The number of benzene rings is 1. The topological polar surface area (TPSA) is 83.6 Å². The third kappa shape index (κ3) is 5.94. The lowest BCUT2D eigenvalue weighted by Gasteiger charge is -2.23. The average molecular weight is 348 g/mol. The Morgan fingerprint density at radius 1 is 1.05 bits per heavy atom. The van der Waals surface area contributed by atoms with E-state index in [1.807, 2.05) is 19.9 Å². The molecule has 0 saturated heterocycles. The van der Waals surface area contributed by atoms with E-state index < -0.39 is 20.0 Å². The van der Waals surface area contributed by atoms with Gasteiger partial charge in [-0.25, -0.2) is 21.6 Å². The molecule has 0 spiro atoms. The minimum atomic E-state index is -3.48. The van der Waals surface area contributed by atoms with Crippen LogP contribution >= 0.6 is 0 Å². The van der Waals surface area contributed by atoms with Gasteiger partial charge in [0.05, 0.1) is 17.7 Å². The van der Waals surface area contributed by atoms with E-state index in [0.717, 1.165) is 17.4 Å². The fraction of sp³-hybridized carbons (Fsp3) is 0.571. The third-order valence-electron chi connectivity index (χ3n) is 3.00. The molecule has 0 atom stereocenters. The van der Waals surface area contributed by atoms with Crippen molar-refractivity contribution < 1.29 is 16.8 Å². The molecule has 0 fully saturated rings. The second-order valence-electron chi connectivity index (χ2n) is 5.39. The monoisotopic (exact) mass is 348 g/mol. The highest BCUT2D eigenvalue weighted by molar-refractivity contribution is 7.92.